The van der Waals surface area contributed by atoms with Crippen molar-refractivity contribution in [3.8, 4) is 5.75 Å². The molecule has 1 aromatic heterocycles. The van der Waals surface area contributed by atoms with E-state index >= 15 is 0 Å². The van der Waals surface area contributed by atoms with Gasteiger partial charge in [0.05, 0.1) is 12.2 Å². The minimum atomic E-state index is 0.0350. The molecule has 1 heterocycles. The zero-order valence-electron chi connectivity index (χ0n) is 9.90. The molecule has 0 aliphatic heterocycles. The normalized spacial score (nSPS) is 10.2. The molecule has 0 saturated heterocycles. The number of ketones is 1. The Morgan fingerprint density at radius 2 is 2.00 bits per heavy atom. The van der Waals surface area contributed by atoms with E-state index in [0.717, 1.165) is 11.1 Å². The molecular formula is C14H14O2S. The first-order valence-corrected chi connectivity index (χ1v) is 6.47. The molecule has 0 aliphatic rings. The Hall–Kier alpha value is -1.61. The van der Waals surface area contributed by atoms with E-state index in [2.05, 4.69) is 0 Å². The largest absolute Gasteiger partial charge is 0.493 e. The van der Waals surface area contributed by atoms with E-state index in [1.165, 1.54) is 0 Å². The van der Waals surface area contributed by atoms with Crippen LogP contribution in [0.2, 0.25) is 0 Å². The average molecular weight is 246 g/mol. The van der Waals surface area contributed by atoms with Crippen molar-refractivity contribution in [2.24, 2.45) is 0 Å². The van der Waals surface area contributed by atoms with Gasteiger partial charge in [-0.15, -0.1) is 0 Å². The van der Waals surface area contributed by atoms with Crippen LogP contribution in [0.25, 0.3) is 0 Å². The number of thiophene rings is 1. The Morgan fingerprint density at radius 3 is 2.65 bits per heavy atom. The molecule has 0 atom stereocenters. The number of carbonyl (C=O) groups excluding carboxylic acids is 1. The van der Waals surface area contributed by atoms with E-state index in [1.54, 1.807) is 11.3 Å². The number of aryl methyl sites for hydroxylation is 1. The first-order chi connectivity index (χ1) is 8.24. The molecule has 0 fully saturated rings. The van der Waals surface area contributed by atoms with Crippen LogP contribution in [0.5, 0.6) is 5.75 Å². The minimum absolute atomic E-state index is 0.0350. The summed E-state index contributed by atoms with van der Waals surface area (Å²) in [4.78, 5) is 12.4. The van der Waals surface area contributed by atoms with Crippen molar-refractivity contribution in [2.45, 2.75) is 13.8 Å². The zero-order chi connectivity index (χ0) is 12.3. The van der Waals surface area contributed by atoms with Crippen molar-refractivity contribution >= 4 is 17.1 Å². The van der Waals surface area contributed by atoms with Crippen LogP contribution >= 0.6 is 11.3 Å². The molecule has 2 rings (SSSR count). The van der Waals surface area contributed by atoms with E-state index in [4.69, 9.17) is 4.74 Å². The highest BCUT2D eigenvalue weighted by Crippen LogP contribution is 2.24. The number of rotatable bonds is 4. The second-order valence-electron chi connectivity index (χ2n) is 3.73. The lowest BCUT2D eigenvalue weighted by Crippen LogP contribution is -2.05. The highest BCUT2D eigenvalue weighted by Gasteiger charge is 2.16. The maximum Gasteiger partial charge on any atom is 0.197 e. The van der Waals surface area contributed by atoms with Crippen molar-refractivity contribution in [3.63, 3.8) is 0 Å². The molecule has 17 heavy (non-hydrogen) atoms. The summed E-state index contributed by atoms with van der Waals surface area (Å²) in [6, 6.07) is 7.38. The van der Waals surface area contributed by atoms with Gasteiger partial charge in [0, 0.05) is 10.9 Å². The zero-order valence-corrected chi connectivity index (χ0v) is 10.7. The van der Waals surface area contributed by atoms with Gasteiger partial charge in [-0.3, -0.25) is 4.79 Å². The van der Waals surface area contributed by atoms with Crippen molar-refractivity contribution < 1.29 is 9.53 Å². The van der Waals surface area contributed by atoms with Gasteiger partial charge in [0.1, 0.15) is 5.75 Å². The molecule has 0 saturated carbocycles. The summed E-state index contributed by atoms with van der Waals surface area (Å²) in [6.07, 6.45) is 0. The maximum atomic E-state index is 12.4. The predicted octanol–water partition coefficient (Wildman–Crippen LogP) is 3.69. The molecule has 3 heteroatoms. The van der Waals surface area contributed by atoms with Crippen LogP contribution in [0.3, 0.4) is 0 Å². The molecule has 0 N–H and O–H groups in total. The fourth-order valence-electron chi connectivity index (χ4n) is 1.67. The third-order valence-corrected chi connectivity index (χ3v) is 3.39. The van der Waals surface area contributed by atoms with E-state index in [0.29, 0.717) is 17.9 Å². The average Bonchev–Trinajstić information content (AvgIpc) is 2.76. The first-order valence-electron chi connectivity index (χ1n) is 5.53. The highest BCUT2D eigenvalue weighted by molar-refractivity contribution is 7.08. The number of hydrogen-bond acceptors (Lipinski definition) is 3. The molecule has 0 unspecified atom stereocenters. The van der Waals surface area contributed by atoms with Gasteiger partial charge in [0.15, 0.2) is 5.78 Å². The van der Waals surface area contributed by atoms with Crippen LogP contribution in [0.15, 0.2) is 35.0 Å². The molecule has 0 aliphatic carbocycles. The predicted molar refractivity (Wildman–Crippen MR) is 70.1 cm³/mol. The van der Waals surface area contributed by atoms with Crippen LogP contribution in [0.4, 0.5) is 0 Å². The summed E-state index contributed by atoms with van der Waals surface area (Å²) in [7, 11) is 0. The second kappa shape index (κ2) is 5.15. The van der Waals surface area contributed by atoms with E-state index in [1.807, 2.05) is 48.9 Å². The first kappa shape index (κ1) is 11.9. The Balaban J connectivity index is 2.40. The summed E-state index contributed by atoms with van der Waals surface area (Å²) in [5, 5.41) is 3.87. The number of hydrogen-bond donors (Lipinski definition) is 0. The fourth-order valence-corrected chi connectivity index (χ4v) is 2.50. The Kier molecular flexibility index (Phi) is 3.59. The van der Waals surface area contributed by atoms with Crippen LogP contribution in [0, 0.1) is 6.92 Å². The smallest absolute Gasteiger partial charge is 0.197 e. The molecule has 1 aromatic carbocycles. The number of carbonyl (C=O) groups is 1. The molecule has 88 valence electrons. The second-order valence-corrected chi connectivity index (χ2v) is 4.47. The van der Waals surface area contributed by atoms with E-state index in [-0.39, 0.29) is 5.78 Å². The standard InChI is InChI=1S/C14H14O2S/c1-3-16-13-7-5-4-6-11(13)14(15)12-9-17-8-10(12)2/h4-9H,3H2,1-2H3. The molecule has 0 spiro atoms. The van der Waals surface area contributed by atoms with Gasteiger partial charge in [-0.2, -0.15) is 11.3 Å². The minimum Gasteiger partial charge on any atom is -0.493 e. The van der Waals surface area contributed by atoms with Gasteiger partial charge in [0.25, 0.3) is 0 Å². The number of benzene rings is 1. The summed E-state index contributed by atoms with van der Waals surface area (Å²) in [5.74, 6) is 0.693. The Bertz CT molecular complexity index is 529. The van der Waals surface area contributed by atoms with Gasteiger partial charge in [-0.1, -0.05) is 12.1 Å². The number of ether oxygens (including phenoxy) is 1. The summed E-state index contributed by atoms with van der Waals surface area (Å²) < 4.78 is 5.48. The van der Waals surface area contributed by atoms with Crippen LogP contribution in [0.1, 0.15) is 28.4 Å². The molecule has 0 bridgehead atoms. The fraction of sp³-hybridized carbons (Fsp3) is 0.214. The molecule has 0 amide bonds. The van der Waals surface area contributed by atoms with Crippen molar-refractivity contribution in [2.75, 3.05) is 6.61 Å². The summed E-state index contributed by atoms with van der Waals surface area (Å²) in [6.45, 7) is 4.43. The quantitative estimate of drug-likeness (QED) is 0.769. The third-order valence-electron chi connectivity index (χ3n) is 2.53. The number of para-hydroxylation sites is 1. The van der Waals surface area contributed by atoms with Crippen LogP contribution in [-0.4, -0.2) is 12.4 Å². The van der Waals surface area contributed by atoms with E-state index in [9.17, 15) is 4.79 Å². The lowest BCUT2D eigenvalue weighted by atomic mass is 10.0. The molecule has 2 aromatic rings. The van der Waals surface area contributed by atoms with Crippen molar-refractivity contribution in [1.29, 1.82) is 0 Å². The van der Waals surface area contributed by atoms with Crippen LogP contribution in [-0.2, 0) is 0 Å². The monoisotopic (exact) mass is 246 g/mol. The molecule has 2 nitrogen and oxygen atoms in total. The maximum absolute atomic E-state index is 12.4. The Labute approximate surface area is 105 Å². The summed E-state index contributed by atoms with van der Waals surface area (Å²) >= 11 is 1.55. The van der Waals surface area contributed by atoms with Gasteiger partial charge >= 0.3 is 0 Å². The van der Waals surface area contributed by atoms with Crippen LogP contribution < -0.4 is 4.74 Å². The topological polar surface area (TPSA) is 26.3 Å². The molecule has 0 radical (unpaired) electrons. The van der Waals surface area contributed by atoms with Gasteiger partial charge in [-0.05, 0) is 36.9 Å². The van der Waals surface area contributed by atoms with Crippen molar-refractivity contribution in [3.05, 3.63) is 51.7 Å². The highest BCUT2D eigenvalue weighted by atomic mass is 32.1. The van der Waals surface area contributed by atoms with Crippen molar-refractivity contribution in [1.82, 2.24) is 0 Å². The SMILES string of the molecule is CCOc1ccccc1C(=O)c1cscc1C. The molecular weight excluding hydrogens is 232 g/mol. The third kappa shape index (κ3) is 2.39. The van der Waals surface area contributed by atoms with E-state index < -0.39 is 0 Å². The van der Waals surface area contributed by atoms with Gasteiger partial charge in [0.2, 0.25) is 0 Å². The lowest BCUT2D eigenvalue weighted by molar-refractivity contribution is 0.103. The van der Waals surface area contributed by atoms with Gasteiger partial charge in [-0.25, -0.2) is 0 Å². The summed E-state index contributed by atoms with van der Waals surface area (Å²) in [5.41, 5.74) is 2.42. The Morgan fingerprint density at radius 1 is 1.24 bits per heavy atom. The van der Waals surface area contributed by atoms with Gasteiger partial charge < -0.3 is 4.74 Å². The lowest BCUT2D eigenvalue weighted by Gasteiger charge is -2.08.